The van der Waals surface area contributed by atoms with Gasteiger partial charge in [-0.15, -0.1) is 0 Å². The van der Waals surface area contributed by atoms with Crippen molar-refractivity contribution in [3.05, 3.63) is 24.0 Å². The molecule has 0 heterocycles. The van der Waals surface area contributed by atoms with Crippen LogP contribution in [0.4, 0.5) is 10.1 Å². The normalized spacial score (nSPS) is 15.3. The number of anilines is 1. The summed E-state index contributed by atoms with van der Waals surface area (Å²) in [6.07, 6.45) is 1.46. The van der Waals surface area contributed by atoms with E-state index < -0.39 is 37.6 Å². The van der Waals surface area contributed by atoms with Crippen molar-refractivity contribution < 1.29 is 17.0 Å². The quantitative estimate of drug-likeness (QED) is 0.772. The van der Waals surface area contributed by atoms with Gasteiger partial charge in [0.25, 0.3) is 0 Å². The van der Waals surface area contributed by atoms with Crippen molar-refractivity contribution in [2.45, 2.75) is 17.9 Å². The van der Waals surface area contributed by atoms with Crippen molar-refractivity contribution in [1.29, 1.82) is 0 Å². The summed E-state index contributed by atoms with van der Waals surface area (Å²) in [5.41, 5.74) is 5.31. The fourth-order valence-electron chi connectivity index (χ4n) is 1.52. The van der Waals surface area contributed by atoms with E-state index in [-0.39, 0.29) is 11.4 Å². The summed E-state index contributed by atoms with van der Waals surface area (Å²) in [5, 5.41) is 0. The van der Waals surface area contributed by atoms with Crippen molar-refractivity contribution in [2.75, 3.05) is 17.7 Å². The largest absolute Gasteiger partial charge is 0.398 e. The van der Waals surface area contributed by atoms with E-state index in [2.05, 4.69) is 4.72 Å². The number of hydrogen-bond acceptors (Lipinski definition) is 4. The van der Waals surface area contributed by atoms with Crippen molar-refractivity contribution in [1.82, 2.24) is 4.72 Å². The van der Waals surface area contributed by atoms with Crippen LogP contribution in [0.25, 0.3) is 0 Å². The molecule has 0 saturated carbocycles. The van der Waals surface area contributed by atoms with Crippen molar-refractivity contribution in [3.8, 4) is 0 Å². The van der Waals surface area contributed by atoms with Crippen LogP contribution in [-0.2, 0) is 20.8 Å². The molecule has 0 aliphatic heterocycles. The average molecular weight is 294 g/mol. The lowest BCUT2D eigenvalue weighted by atomic mass is 10.3. The first kappa shape index (κ1) is 15.1. The molecular weight excluding hydrogens is 279 g/mol. The molecule has 5 nitrogen and oxygen atoms in total. The first-order chi connectivity index (χ1) is 8.24. The van der Waals surface area contributed by atoms with E-state index >= 15 is 0 Å². The summed E-state index contributed by atoms with van der Waals surface area (Å²) in [6, 6.07) is 3.09. The van der Waals surface area contributed by atoms with Gasteiger partial charge < -0.3 is 5.73 Å². The number of nitrogens with two attached hydrogens (primary N) is 1. The number of hydrogen-bond donors (Lipinski definition) is 2. The Balaban J connectivity index is 3.04. The fraction of sp³-hybridized carbons (Fsp3) is 0.400. The van der Waals surface area contributed by atoms with Gasteiger partial charge in [-0.1, -0.05) is 6.07 Å². The molecule has 8 heteroatoms. The maximum Gasteiger partial charge on any atom is 0.245 e. The smallest absolute Gasteiger partial charge is 0.245 e. The number of halogens is 1. The van der Waals surface area contributed by atoms with Gasteiger partial charge in [0.15, 0.2) is 0 Å². The van der Waals surface area contributed by atoms with Gasteiger partial charge in [0.05, 0.1) is 5.69 Å². The molecule has 1 rings (SSSR count). The van der Waals surface area contributed by atoms with Gasteiger partial charge in [-0.2, -0.15) is 0 Å². The van der Waals surface area contributed by atoms with Crippen LogP contribution in [-0.4, -0.2) is 30.7 Å². The third-order valence-corrected chi connectivity index (χ3v) is 4.76. The monoisotopic (exact) mass is 294 g/mol. The Labute approximate surface area is 108 Å². The van der Waals surface area contributed by atoms with E-state index in [0.29, 0.717) is 0 Å². The molecular formula is C10H15FN2O3S2. The van der Waals surface area contributed by atoms with Gasteiger partial charge in [0, 0.05) is 28.9 Å². The average Bonchev–Trinajstić information content (AvgIpc) is 2.13. The second-order valence-corrected chi connectivity index (χ2v) is 7.05. The zero-order chi connectivity index (χ0) is 13.9. The van der Waals surface area contributed by atoms with Crippen LogP contribution in [0, 0.1) is 5.82 Å². The highest BCUT2D eigenvalue weighted by molar-refractivity contribution is 7.89. The summed E-state index contributed by atoms with van der Waals surface area (Å²) in [7, 11) is -5.20. The van der Waals surface area contributed by atoms with Crippen LogP contribution in [0.3, 0.4) is 0 Å². The van der Waals surface area contributed by atoms with E-state index in [4.69, 9.17) is 5.73 Å². The highest BCUT2D eigenvalue weighted by Crippen LogP contribution is 2.21. The third-order valence-electron chi connectivity index (χ3n) is 2.11. The minimum absolute atomic E-state index is 0.146. The van der Waals surface area contributed by atoms with Crippen LogP contribution in [0.1, 0.15) is 6.92 Å². The van der Waals surface area contributed by atoms with Gasteiger partial charge in [-0.25, -0.2) is 17.5 Å². The second-order valence-electron chi connectivity index (χ2n) is 3.92. The predicted molar refractivity (Wildman–Crippen MR) is 69.5 cm³/mol. The highest BCUT2D eigenvalue weighted by Gasteiger charge is 2.24. The number of nitrogen functional groups attached to an aromatic ring is 1. The van der Waals surface area contributed by atoms with Crippen LogP contribution in [0.15, 0.2) is 23.1 Å². The minimum Gasteiger partial charge on any atom is -0.398 e. The van der Waals surface area contributed by atoms with Gasteiger partial charge >= 0.3 is 0 Å². The molecule has 0 aliphatic carbocycles. The van der Waals surface area contributed by atoms with E-state index in [9.17, 15) is 17.0 Å². The van der Waals surface area contributed by atoms with E-state index in [1.54, 1.807) is 6.92 Å². The van der Waals surface area contributed by atoms with E-state index in [1.807, 2.05) is 0 Å². The Morgan fingerprint density at radius 2 is 2.11 bits per heavy atom. The summed E-state index contributed by atoms with van der Waals surface area (Å²) in [5.74, 6) is -0.763. The number of sulfonamides is 1. The number of rotatable bonds is 5. The standard InChI is InChI=1S/C10H15FN2O3S2/c1-7(6-17(2)14)13-18(15,16)10-8(11)4-3-5-9(10)12/h3-5,7,13H,6,12H2,1-2H3. The van der Waals surface area contributed by atoms with Crippen LogP contribution >= 0.6 is 0 Å². The molecule has 3 N–H and O–H groups in total. The molecule has 0 spiro atoms. The molecule has 102 valence electrons. The molecule has 0 bridgehead atoms. The second kappa shape index (κ2) is 5.77. The summed E-state index contributed by atoms with van der Waals surface area (Å²) >= 11 is 0. The van der Waals surface area contributed by atoms with E-state index in [0.717, 1.165) is 6.07 Å². The summed E-state index contributed by atoms with van der Waals surface area (Å²) < 4.78 is 50.6. The van der Waals surface area contributed by atoms with Gasteiger partial charge in [0.1, 0.15) is 10.7 Å². The lowest BCUT2D eigenvalue weighted by Gasteiger charge is -2.14. The SMILES string of the molecule is CC(CS(C)=O)NS(=O)(=O)c1c(N)cccc1F. The molecule has 0 radical (unpaired) electrons. The lowest BCUT2D eigenvalue weighted by molar-refractivity contribution is 0.550. The van der Waals surface area contributed by atoms with Gasteiger partial charge in [-0.05, 0) is 19.1 Å². The first-order valence-electron chi connectivity index (χ1n) is 5.10. The zero-order valence-electron chi connectivity index (χ0n) is 10.0. The van der Waals surface area contributed by atoms with Crippen molar-refractivity contribution in [3.63, 3.8) is 0 Å². The number of nitrogens with one attached hydrogen (secondary N) is 1. The van der Waals surface area contributed by atoms with Gasteiger partial charge in [-0.3, -0.25) is 4.21 Å². The van der Waals surface area contributed by atoms with Gasteiger partial charge in [0.2, 0.25) is 10.0 Å². The minimum atomic E-state index is -4.05. The Hall–Kier alpha value is -0.990. The van der Waals surface area contributed by atoms with Crippen molar-refractivity contribution >= 4 is 26.5 Å². The Bertz CT molecular complexity index is 540. The first-order valence-corrected chi connectivity index (χ1v) is 8.31. The summed E-state index contributed by atoms with van der Waals surface area (Å²) in [6.45, 7) is 1.55. The van der Waals surface area contributed by atoms with Crippen molar-refractivity contribution in [2.24, 2.45) is 0 Å². The zero-order valence-corrected chi connectivity index (χ0v) is 11.6. The van der Waals surface area contributed by atoms with E-state index in [1.165, 1.54) is 18.4 Å². The highest BCUT2D eigenvalue weighted by atomic mass is 32.2. The number of benzene rings is 1. The Morgan fingerprint density at radius 1 is 1.50 bits per heavy atom. The predicted octanol–water partition coefficient (Wildman–Crippen LogP) is 0.453. The van der Waals surface area contributed by atoms with Crippen LogP contribution in [0.5, 0.6) is 0 Å². The molecule has 2 atom stereocenters. The molecule has 18 heavy (non-hydrogen) atoms. The molecule has 0 aliphatic rings. The molecule has 1 aromatic rings. The summed E-state index contributed by atoms with van der Waals surface area (Å²) in [4.78, 5) is -0.571. The Morgan fingerprint density at radius 3 is 2.61 bits per heavy atom. The van der Waals surface area contributed by atoms with Crippen LogP contribution < -0.4 is 10.5 Å². The Kier molecular flexibility index (Phi) is 4.83. The molecule has 0 aromatic heterocycles. The maximum absolute atomic E-state index is 13.5. The fourth-order valence-corrected chi connectivity index (χ4v) is 3.85. The third kappa shape index (κ3) is 3.76. The maximum atomic E-state index is 13.5. The molecule has 1 aromatic carbocycles. The topological polar surface area (TPSA) is 89.3 Å². The molecule has 0 saturated heterocycles. The molecule has 2 unspecified atom stereocenters. The lowest BCUT2D eigenvalue weighted by Crippen LogP contribution is -2.36. The molecule has 0 fully saturated rings. The van der Waals surface area contributed by atoms with Crippen LogP contribution in [0.2, 0.25) is 0 Å². The molecule has 0 amide bonds.